The van der Waals surface area contributed by atoms with Gasteiger partial charge in [0.25, 0.3) is 0 Å². The SMILES string of the molecule is COc1ccc(CC(NN)c2ccc(Cl)s2)cc1. The number of hydrogen-bond acceptors (Lipinski definition) is 4. The highest BCUT2D eigenvalue weighted by molar-refractivity contribution is 7.16. The minimum atomic E-state index is 0.0795. The highest BCUT2D eigenvalue weighted by Gasteiger charge is 2.12. The molecule has 96 valence electrons. The number of nitrogens with two attached hydrogens (primary N) is 1. The Kier molecular flexibility index (Phi) is 4.60. The van der Waals surface area contributed by atoms with E-state index >= 15 is 0 Å². The van der Waals surface area contributed by atoms with Gasteiger partial charge in [0, 0.05) is 4.88 Å². The summed E-state index contributed by atoms with van der Waals surface area (Å²) in [7, 11) is 1.66. The van der Waals surface area contributed by atoms with Crippen LogP contribution >= 0.6 is 22.9 Å². The molecule has 3 N–H and O–H groups in total. The van der Waals surface area contributed by atoms with Gasteiger partial charge in [-0.1, -0.05) is 23.7 Å². The van der Waals surface area contributed by atoms with Gasteiger partial charge >= 0.3 is 0 Å². The van der Waals surface area contributed by atoms with Crippen LogP contribution in [0.4, 0.5) is 0 Å². The molecule has 0 bridgehead atoms. The quantitative estimate of drug-likeness (QED) is 0.654. The van der Waals surface area contributed by atoms with Crippen LogP contribution in [-0.2, 0) is 6.42 Å². The second-order valence-electron chi connectivity index (χ2n) is 3.91. The minimum Gasteiger partial charge on any atom is -0.497 e. The molecule has 1 atom stereocenters. The molecular weight excluding hydrogens is 268 g/mol. The molecule has 0 radical (unpaired) electrons. The maximum absolute atomic E-state index is 5.94. The van der Waals surface area contributed by atoms with Crippen LogP contribution < -0.4 is 16.0 Å². The first kappa shape index (κ1) is 13.4. The summed E-state index contributed by atoms with van der Waals surface area (Å²) in [6.07, 6.45) is 0.817. The van der Waals surface area contributed by atoms with Crippen molar-refractivity contribution in [2.24, 2.45) is 5.84 Å². The fourth-order valence-electron chi connectivity index (χ4n) is 1.75. The number of methoxy groups -OCH3 is 1. The maximum atomic E-state index is 5.94. The lowest BCUT2D eigenvalue weighted by molar-refractivity contribution is 0.414. The Labute approximate surface area is 116 Å². The molecular formula is C13H15ClN2OS. The number of thiophene rings is 1. The predicted octanol–water partition coefficient (Wildman–Crippen LogP) is 3.16. The van der Waals surface area contributed by atoms with Crippen LogP contribution in [0.5, 0.6) is 5.75 Å². The molecule has 2 aromatic rings. The summed E-state index contributed by atoms with van der Waals surface area (Å²) in [6, 6.07) is 11.9. The largest absolute Gasteiger partial charge is 0.497 e. The summed E-state index contributed by atoms with van der Waals surface area (Å²) < 4.78 is 5.91. The molecule has 0 aliphatic rings. The Morgan fingerprint density at radius 2 is 2.00 bits per heavy atom. The van der Waals surface area contributed by atoms with Crippen LogP contribution in [-0.4, -0.2) is 7.11 Å². The van der Waals surface area contributed by atoms with Crippen molar-refractivity contribution in [1.82, 2.24) is 5.43 Å². The molecule has 0 aliphatic carbocycles. The van der Waals surface area contributed by atoms with E-state index in [2.05, 4.69) is 5.43 Å². The number of halogens is 1. The van der Waals surface area contributed by atoms with Crippen molar-refractivity contribution in [2.75, 3.05) is 7.11 Å². The van der Waals surface area contributed by atoms with Crippen LogP contribution in [0.1, 0.15) is 16.5 Å². The number of hydrogen-bond donors (Lipinski definition) is 2. The maximum Gasteiger partial charge on any atom is 0.118 e. The van der Waals surface area contributed by atoms with E-state index in [-0.39, 0.29) is 6.04 Å². The van der Waals surface area contributed by atoms with E-state index in [4.69, 9.17) is 22.2 Å². The summed E-state index contributed by atoms with van der Waals surface area (Å²) in [4.78, 5) is 1.14. The molecule has 18 heavy (non-hydrogen) atoms. The zero-order chi connectivity index (χ0) is 13.0. The van der Waals surface area contributed by atoms with E-state index in [0.29, 0.717) is 0 Å². The fraction of sp³-hybridized carbons (Fsp3) is 0.231. The zero-order valence-electron chi connectivity index (χ0n) is 10.0. The van der Waals surface area contributed by atoms with Gasteiger partial charge < -0.3 is 4.74 Å². The Morgan fingerprint density at radius 1 is 1.28 bits per heavy atom. The van der Waals surface area contributed by atoms with Gasteiger partial charge in [0.1, 0.15) is 5.75 Å². The van der Waals surface area contributed by atoms with Crippen LogP contribution in [0.15, 0.2) is 36.4 Å². The van der Waals surface area contributed by atoms with Crippen LogP contribution in [0.3, 0.4) is 0 Å². The summed E-state index contributed by atoms with van der Waals surface area (Å²) in [6.45, 7) is 0. The van der Waals surface area contributed by atoms with E-state index in [1.165, 1.54) is 5.56 Å². The summed E-state index contributed by atoms with van der Waals surface area (Å²) in [5.41, 5.74) is 4.03. The Hall–Kier alpha value is -1.07. The molecule has 0 amide bonds. The predicted molar refractivity (Wildman–Crippen MR) is 76.1 cm³/mol. The van der Waals surface area contributed by atoms with Crippen molar-refractivity contribution in [2.45, 2.75) is 12.5 Å². The normalized spacial score (nSPS) is 12.4. The first-order chi connectivity index (χ1) is 8.72. The number of rotatable bonds is 5. The van der Waals surface area contributed by atoms with Crippen molar-refractivity contribution < 1.29 is 4.74 Å². The first-order valence-electron chi connectivity index (χ1n) is 5.57. The van der Waals surface area contributed by atoms with Gasteiger partial charge in [-0.3, -0.25) is 11.3 Å². The number of hydrazine groups is 1. The molecule has 0 fully saturated rings. The molecule has 0 saturated heterocycles. The summed E-state index contributed by atoms with van der Waals surface area (Å²) >= 11 is 7.48. The van der Waals surface area contributed by atoms with E-state index < -0.39 is 0 Å². The monoisotopic (exact) mass is 282 g/mol. The topological polar surface area (TPSA) is 47.3 Å². The number of nitrogens with one attached hydrogen (secondary N) is 1. The average molecular weight is 283 g/mol. The third kappa shape index (κ3) is 3.23. The Morgan fingerprint density at radius 3 is 2.50 bits per heavy atom. The van der Waals surface area contributed by atoms with Gasteiger partial charge in [0.15, 0.2) is 0 Å². The highest BCUT2D eigenvalue weighted by Crippen LogP contribution is 2.28. The first-order valence-corrected chi connectivity index (χ1v) is 6.76. The number of ether oxygens (including phenoxy) is 1. The van der Waals surface area contributed by atoms with Crippen molar-refractivity contribution in [1.29, 1.82) is 0 Å². The minimum absolute atomic E-state index is 0.0795. The third-order valence-electron chi connectivity index (χ3n) is 2.74. The van der Waals surface area contributed by atoms with Crippen molar-refractivity contribution in [3.05, 3.63) is 51.2 Å². The molecule has 2 rings (SSSR count). The van der Waals surface area contributed by atoms with Crippen molar-refractivity contribution >= 4 is 22.9 Å². The average Bonchev–Trinajstić information content (AvgIpc) is 2.83. The van der Waals surface area contributed by atoms with E-state index in [9.17, 15) is 0 Å². The Balaban J connectivity index is 2.10. The van der Waals surface area contributed by atoms with Crippen LogP contribution in [0.2, 0.25) is 4.34 Å². The van der Waals surface area contributed by atoms with E-state index in [0.717, 1.165) is 21.4 Å². The van der Waals surface area contributed by atoms with Crippen molar-refractivity contribution in [3.63, 3.8) is 0 Å². The molecule has 5 heteroatoms. The van der Waals surface area contributed by atoms with Gasteiger partial charge in [-0.2, -0.15) is 0 Å². The lowest BCUT2D eigenvalue weighted by Crippen LogP contribution is -2.28. The molecule has 1 aromatic heterocycles. The zero-order valence-corrected chi connectivity index (χ0v) is 11.6. The van der Waals surface area contributed by atoms with Gasteiger partial charge in [-0.25, -0.2) is 0 Å². The second kappa shape index (κ2) is 6.20. The molecule has 1 aromatic carbocycles. The van der Waals surface area contributed by atoms with E-state index in [1.54, 1.807) is 18.4 Å². The fourth-order valence-corrected chi connectivity index (χ4v) is 2.88. The molecule has 1 unspecified atom stereocenters. The lowest BCUT2D eigenvalue weighted by atomic mass is 10.1. The number of benzene rings is 1. The standard InChI is InChI=1S/C13H15ClN2OS/c1-17-10-4-2-9(3-5-10)8-11(16-15)12-6-7-13(14)18-12/h2-7,11,16H,8,15H2,1H3. The molecule has 0 spiro atoms. The molecule has 0 saturated carbocycles. The van der Waals surface area contributed by atoms with Gasteiger partial charge in [-0.05, 0) is 36.2 Å². The summed E-state index contributed by atoms with van der Waals surface area (Å²) in [5, 5.41) is 0. The van der Waals surface area contributed by atoms with Gasteiger partial charge in [0.05, 0.1) is 17.5 Å². The Bertz CT molecular complexity index is 498. The van der Waals surface area contributed by atoms with Crippen LogP contribution in [0, 0.1) is 0 Å². The highest BCUT2D eigenvalue weighted by atomic mass is 35.5. The van der Waals surface area contributed by atoms with Crippen LogP contribution in [0.25, 0.3) is 0 Å². The third-order valence-corrected chi connectivity index (χ3v) is 4.08. The van der Waals surface area contributed by atoms with Gasteiger partial charge in [-0.15, -0.1) is 11.3 Å². The van der Waals surface area contributed by atoms with Gasteiger partial charge in [0.2, 0.25) is 0 Å². The smallest absolute Gasteiger partial charge is 0.118 e. The molecule has 0 aliphatic heterocycles. The summed E-state index contributed by atoms with van der Waals surface area (Å²) in [5.74, 6) is 6.46. The lowest BCUT2D eigenvalue weighted by Gasteiger charge is -2.14. The second-order valence-corrected chi connectivity index (χ2v) is 5.66. The van der Waals surface area contributed by atoms with Crippen molar-refractivity contribution in [3.8, 4) is 5.75 Å². The molecule has 1 heterocycles. The van der Waals surface area contributed by atoms with E-state index in [1.807, 2.05) is 36.4 Å². The molecule has 3 nitrogen and oxygen atoms in total.